The highest BCUT2D eigenvalue weighted by Crippen LogP contribution is 2.17. The van der Waals surface area contributed by atoms with E-state index in [0.29, 0.717) is 13.2 Å². The van der Waals surface area contributed by atoms with Crippen molar-refractivity contribution in [2.24, 2.45) is 0 Å². The molecule has 4 heteroatoms. The van der Waals surface area contributed by atoms with E-state index in [9.17, 15) is 4.39 Å². The number of halogens is 1. The highest BCUT2D eigenvalue weighted by Gasteiger charge is 2.22. The third-order valence-corrected chi connectivity index (χ3v) is 1.83. The first-order chi connectivity index (χ1) is 6.25. The summed E-state index contributed by atoms with van der Waals surface area (Å²) in [4.78, 5) is 3.85. The summed E-state index contributed by atoms with van der Waals surface area (Å²) in [5.41, 5.74) is 0.787. The van der Waals surface area contributed by atoms with E-state index < -0.39 is 5.82 Å². The van der Waals surface area contributed by atoms with Crippen molar-refractivity contribution < 1.29 is 13.9 Å². The van der Waals surface area contributed by atoms with Crippen molar-refractivity contribution in [2.75, 3.05) is 13.2 Å². The average molecular weight is 183 g/mol. The molecule has 3 nitrogen and oxygen atoms in total. The van der Waals surface area contributed by atoms with Gasteiger partial charge in [0.15, 0.2) is 5.82 Å². The number of hydrogen-bond acceptors (Lipinski definition) is 3. The maximum absolute atomic E-state index is 13.1. The lowest BCUT2D eigenvalue weighted by Crippen LogP contribution is -2.39. The molecule has 1 aliphatic rings. The summed E-state index contributed by atoms with van der Waals surface area (Å²) < 4.78 is 23.3. The molecular weight excluding hydrogens is 173 g/mol. The van der Waals surface area contributed by atoms with E-state index in [0.717, 1.165) is 5.56 Å². The number of aromatic nitrogens is 1. The van der Waals surface area contributed by atoms with Gasteiger partial charge in [0.05, 0.1) is 13.2 Å². The SMILES string of the molecule is Cc1cnc(OC2COC2)c(F)c1. The molecule has 0 aliphatic carbocycles. The Kier molecular flexibility index (Phi) is 2.14. The van der Waals surface area contributed by atoms with Crippen LogP contribution in [0.25, 0.3) is 0 Å². The van der Waals surface area contributed by atoms with Crippen molar-refractivity contribution in [3.05, 3.63) is 23.6 Å². The Labute approximate surface area is 75.5 Å². The summed E-state index contributed by atoms with van der Waals surface area (Å²) in [5, 5.41) is 0. The lowest BCUT2D eigenvalue weighted by molar-refractivity contribution is -0.0826. The molecule has 2 heterocycles. The van der Waals surface area contributed by atoms with E-state index in [1.807, 2.05) is 0 Å². The Morgan fingerprint density at radius 3 is 2.92 bits per heavy atom. The fourth-order valence-electron chi connectivity index (χ4n) is 1.05. The van der Waals surface area contributed by atoms with Gasteiger partial charge in [-0.1, -0.05) is 0 Å². The first-order valence-corrected chi connectivity index (χ1v) is 4.12. The van der Waals surface area contributed by atoms with E-state index in [1.165, 1.54) is 6.07 Å². The third-order valence-electron chi connectivity index (χ3n) is 1.83. The molecule has 0 aromatic carbocycles. The Morgan fingerprint density at radius 2 is 2.38 bits per heavy atom. The summed E-state index contributed by atoms with van der Waals surface area (Å²) in [6.45, 7) is 2.83. The predicted octanol–water partition coefficient (Wildman–Crippen LogP) is 1.31. The minimum absolute atomic E-state index is 0.0373. The Bertz CT molecular complexity index is 312. The van der Waals surface area contributed by atoms with Crippen LogP contribution in [0.15, 0.2) is 12.3 Å². The van der Waals surface area contributed by atoms with Gasteiger partial charge in [-0.15, -0.1) is 0 Å². The minimum atomic E-state index is -0.410. The average Bonchev–Trinajstić information content (AvgIpc) is 1.99. The Balaban J connectivity index is 2.10. The first kappa shape index (κ1) is 8.44. The summed E-state index contributed by atoms with van der Waals surface area (Å²) in [5.74, 6) is -0.342. The topological polar surface area (TPSA) is 31.4 Å². The summed E-state index contributed by atoms with van der Waals surface area (Å²) in [7, 11) is 0. The number of hydrogen-bond donors (Lipinski definition) is 0. The summed E-state index contributed by atoms with van der Waals surface area (Å²) in [6, 6.07) is 1.40. The molecule has 0 radical (unpaired) electrons. The van der Waals surface area contributed by atoms with Gasteiger partial charge in [-0.3, -0.25) is 0 Å². The predicted molar refractivity (Wildman–Crippen MR) is 44.2 cm³/mol. The fourth-order valence-corrected chi connectivity index (χ4v) is 1.05. The molecule has 0 saturated carbocycles. The molecule has 13 heavy (non-hydrogen) atoms. The van der Waals surface area contributed by atoms with Gasteiger partial charge in [0, 0.05) is 6.20 Å². The Hall–Kier alpha value is -1.16. The van der Waals surface area contributed by atoms with Crippen molar-refractivity contribution >= 4 is 0 Å². The van der Waals surface area contributed by atoms with Crippen molar-refractivity contribution in [1.29, 1.82) is 0 Å². The van der Waals surface area contributed by atoms with Gasteiger partial charge in [0.25, 0.3) is 5.88 Å². The highest BCUT2D eigenvalue weighted by atomic mass is 19.1. The van der Waals surface area contributed by atoms with Gasteiger partial charge in [0.2, 0.25) is 0 Å². The number of aryl methyl sites for hydroxylation is 1. The molecule has 0 spiro atoms. The molecule has 1 aromatic heterocycles. The minimum Gasteiger partial charge on any atom is -0.467 e. The van der Waals surface area contributed by atoms with Crippen molar-refractivity contribution in [2.45, 2.75) is 13.0 Å². The second-order valence-corrected chi connectivity index (χ2v) is 3.08. The van der Waals surface area contributed by atoms with Crippen molar-refractivity contribution in [3.8, 4) is 5.88 Å². The second-order valence-electron chi connectivity index (χ2n) is 3.08. The van der Waals surface area contributed by atoms with Crippen LogP contribution in [0, 0.1) is 12.7 Å². The molecule has 1 fully saturated rings. The lowest BCUT2D eigenvalue weighted by Gasteiger charge is -2.26. The number of pyridine rings is 1. The normalized spacial score (nSPS) is 16.8. The molecule has 0 amide bonds. The maximum atomic E-state index is 13.1. The highest BCUT2D eigenvalue weighted by molar-refractivity contribution is 5.19. The van der Waals surface area contributed by atoms with Crippen LogP contribution in [0.4, 0.5) is 4.39 Å². The van der Waals surface area contributed by atoms with E-state index in [1.54, 1.807) is 13.1 Å². The molecule has 1 aromatic rings. The van der Waals surface area contributed by atoms with E-state index >= 15 is 0 Å². The van der Waals surface area contributed by atoms with E-state index in [2.05, 4.69) is 4.98 Å². The van der Waals surface area contributed by atoms with Gasteiger partial charge in [-0.05, 0) is 18.6 Å². The molecule has 70 valence electrons. The van der Waals surface area contributed by atoms with Crippen LogP contribution < -0.4 is 4.74 Å². The zero-order chi connectivity index (χ0) is 9.26. The number of rotatable bonds is 2. The van der Waals surface area contributed by atoms with Crippen LogP contribution in [-0.4, -0.2) is 24.3 Å². The lowest BCUT2D eigenvalue weighted by atomic mass is 10.3. The third kappa shape index (κ3) is 1.78. The molecule has 0 bridgehead atoms. The van der Waals surface area contributed by atoms with Gasteiger partial charge in [-0.2, -0.15) is 0 Å². The largest absolute Gasteiger partial charge is 0.467 e. The van der Waals surface area contributed by atoms with Crippen LogP contribution in [0.5, 0.6) is 5.88 Å². The van der Waals surface area contributed by atoms with Gasteiger partial charge in [-0.25, -0.2) is 9.37 Å². The Morgan fingerprint density at radius 1 is 1.62 bits per heavy atom. The summed E-state index contributed by atoms with van der Waals surface area (Å²) in [6.07, 6.45) is 1.54. The monoisotopic (exact) mass is 183 g/mol. The number of ether oxygens (including phenoxy) is 2. The van der Waals surface area contributed by atoms with Crippen LogP contribution >= 0.6 is 0 Å². The molecule has 0 atom stereocenters. The van der Waals surface area contributed by atoms with Crippen LogP contribution in [0.1, 0.15) is 5.56 Å². The van der Waals surface area contributed by atoms with Crippen molar-refractivity contribution in [3.63, 3.8) is 0 Å². The van der Waals surface area contributed by atoms with Gasteiger partial charge >= 0.3 is 0 Å². The molecular formula is C9H10FNO2. The fraction of sp³-hybridized carbons (Fsp3) is 0.444. The van der Waals surface area contributed by atoms with E-state index in [4.69, 9.17) is 9.47 Å². The molecule has 2 rings (SSSR count). The van der Waals surface area contributed by atoms with Gasteiger partial charge in [0.1, 0.15) is 6.10 Å². The summed E-state index contributed by atoms with van der Waals surface area (Å²) >= 11 is 0. The first-order valence-electron chi connectivity index (χ1n) is 4.12. The van der Waals surface area contributed by atoms with E-state index in [-0.39, 0.29) is 12.0 Å². The zero-order valence-corrected chi connectivity index (χ0v) is 7.29. The second kappa shape index (κ2) is 3.30. The van der Waals surface area contributed by atoms with Crippen LogP contribution in [-0.2, 0) is 4.74 Å². The van der Waals surface area contributed by atoms with Gasteiger partial charge < -0.3 is 9.47 Å². The molecule has 0 N–H and O–H groups in total. The zero-order valence-electron chi connectivity index (χ0n) is 7.29. The molecule has 1 aliphatic heterocycles. The quantitative estimate of drug-likeness (QED) is 0.692. The van der Waals surface area contributed by atoms with Crippen LogP contribution in [0.3, 0.4) is 0 Å². The smallest absolute Gasteiger partial charge is 0.250 e. The molecule has 1 saturated heterocycles. The molecule has 0 unspecified atom stereocenters. The maximum Gasteiger partial charge on any atom is 0.250 e. The van der Waals surface area contributed by atoms with Crippen molar-refractivity contribution in [1.82, 2.24) is 4.98 Å². The van der Waals surface area contributed by atoms with Crippen LogP contribution in [0.2, 0.25) is 0 Å². The standard InChI is InChI=1S/C9H10FNO2/c1-6-2-8(10)9(11-3-6)13-7-4-12-5-7/h2-3,7H,4-5H2,1H3. The number of nitrogens with zero attached hydrogens (tertiary/aromatic N) is 1.